The number of nitriles is 1. The van der Waals surface area contributed by atoms with E-state index in [9.17, 15) is 0 Å². The van der Waals surface area contributed by atoms with Gasteiger partial charge in [-0.3, -0.25) is 0 Å². The minimum atomic E-state index is 0. The third kappa shape index (κ3) is 21.7. The van der Waals surface area contributed by atoms with Gasteiger partial charge in [0.1, 0.15) is 0 Å². The van der Waals surface area contributed by atoms with E-state index in [-0.39, 0.29) is 90.2 Å². The average molecular weight is 171 g/mol. The Kier molecular flexibility index (Phi) is 173. The van der Waals surface area contributed by atoms with E-state index in [0.717, 1.165) is 0 Å². The van der Waals surface area contributed by atoms with Gasteiger partial charge in [0.15, 0.2) is 0 Å². The fraction of sp³-hybridized carbons (Fsp3) is 0. The summed E-state index contributed by atoms with van der Waals surface area (Å²) in [5, 5.41) is 6.50. The van der Waals surface area contributed by atoms with Gasteiger partial charge in [-0.15, -0.1) is 0 Å². The van der Waals surface area contributed by atoms with Crippen LogP contribution in [0, 0.1) is 11.8 Å². The van der Waals surface area contributed by atoms with Crippen molar-refractivity contribution >= 4 is 51.4 Å². The quantitative estimate of drug-likeness (QED) is 0.450. The summed E-state index contributed by atoms with van der Waals surface area (Å²) in [6.07, 6.45) is 0. The second kappa shape index (κ2) is 32.8. The SMILES string of the molecule is C#N.[Fe].[KH].[Ti]. The molecule has 0 spiro atoms. The Labute approximate surface area is 99.7 Å². The first-order valence-corrected chi connectivity index (χ1v) is 0.258. The minimum absolute atomic E-state index is 0. The molecule has 0 rings (SSSR count). The number of rotatable bonds is 0. The standard InChI is InChI=1S/CHN.Fe.K.Ti.H/c1-2;;;;/h1H;;;;. The van der Waals surface area contributed by atoms with Crippen molar-refractivity contribution in [2.24, 2.45) is 0 Å². The van der Waals surface area contributed by atoms with Gasteiger partial charge in [-0.2, -0.15) is 0 Å². The summed E-state index contributed by atoms with van der Waals surface area (Å²) in [6, 6.07) is 0. The van der Waals surface area contributed by atoms with Crippen LogP contribution in [0.25, 0.3) is 0 Å². The van der Waals surface area contributed by atoms with Gasteiger partial charge in [-0.1, -0.05) is 0 Å². The van der Waals surface area contributed by atoms with Gasteiger partial charge in [-0.05, 0) is 0 Å². The maximum Gasteiger partial charge on any atom is 0 e. The van der Waals surface area contributed by atoms with E-state index in [1.165, 1.54) is 0 Å². The molecule has 0 amide bonds. The maximum absolute atomic E-state index is 6.50. The molecule has 0 radical (unpaired) electrons. The molecule has 0 unspecified atom stereocenters. The van der Waals surface area contributed by atoms with Gasteiger partial charge < -0.3 is 0 Å². The van der Waals surface area contributed by atoms with Gasteiger partial charge in [0, 0.05) is 45.4 Å². The molecule has 0 aliphatic heterocycles. The summed E-state index contributed by atoms with van der Waals surface area (Å²) >= 11 is 0. The van der Waals surface area contributed by atoms with Crippen molar-refractivity contribution in [1.29, 1.82) is 5.26 Å². The van der Waals surface area contributed by atoms with Gasteiger partial charge in [0.25, 0.3) is 0 Å². The third-order valence-corrected chi connectivity index (χ3v) is 0. The first-order valence-electron chi connectivity index (χ1n) is 0.258. The number of nitrogens with zero attached hydrogens (tertiary/aromatic N) is 1. The van der Waals surface area contributed by atoms with Crippen molar-refractivity contribution in [2.75, 3.05) is 0 Å². The fourth-order valence-electron chi connectivity index (χ4n) is 0. The molecule has 0 bridgehead atoms. The van der Waals surface area contributed by atoms with Crippen LogP contribution in [0.1, 0.15) is 0 Å². The minimum Gasteiger partial charge on any atom is 0 e. The van der Waals surface area contributed by atoms with E-state index in [4.69, 9.17) is 5.26 Å². The van der Waals surface area contributed by atoms with Crippen molar-refractivity contribution in [1.82, 2.24) is 0 Å². The molecule has 0 aromatic heterocycles. The van der Waals surface area contributed by atoms with Crippen molar-refractivity contribution in [3.05, 3.63) is 0 Å². The first-order chi connectivity index (χ1) is 1.00. The Bertz CT molecular complexity index is 16.4. The van der Waals surface area contributed by atoms with E-state index in [1.54, 1.807) is 0 Å². The van der Waals surface area contributed by atoms with Crippen LogP contribution in [0.5, 0.6) is 0 Å². The molecule has 4 heteroatoms. The van der Waals surface area contributed by atoms with Crippen LogP contribution in [0.15, 0.2) is 0 Å². The topological polar surface area (TPSA) is 23.8 Å². The predicted octanol–water partition coefficient (Wildman–Crippen LogP) is -0.514. The van der Waals surface area contributed by atoms with Crippen molar-refractivity contribution in [3.63, 3.8) is 0 Å². The first kappa shape index (κ1) is 26.4. The molecule has 0 fully saturated rings. The molecule has 1 nitrogen and oxygen atoms in total. The summed E-state index contributed by atoms with van der Waals surface area (Å²) in [5.41, 5.74) is 0. The van der Waals surface area contributed by atoms with Crippen LogP contribution in [0.3, 0.4) is 0 Å². The van der Waals surface area contributed by atoms with E-state index in [1.807, 2.05) is 0 Å². The van der Waals surface area contributed by atoms with Crippen molar-refractivity contribution in [2.45, 2.75) is 0 Å². The van der Waals surface area contributed by atoms with Gasteiger partial charge >= 0.3 is 51.4 Å². The predicted molar refractivity (Wildman–Crippen MR) is 13.8 cm³/mol. The Balaban J connectivity index is -0.00000000167. The molecule has 0 saturated carbocycles. The molecular formula is CH2FeKNTi. The summed E-state index contributed by atoms with van der Waals surface area (Å²) in [6.45, 7) is 3.50. The molecule has 0 aliphatic rings. The molecule has 0 saturated heterocycles. The Hall–Kier alpha value is 2.36. The zero-order valence-corrected chi connectivity index (χ0v) is 4.54. The van der Waals surface area contributed by atoms with Crippen LogP contribution in [-0.2, 0) is 38.8 Å². The molecule has 0 aliphatic carbocycles. The van der Waals surface area contributed by atoms with E-state index in [2.05, 4.69) is 6.57 Å². The largest absolute Gasteiger partial charge is 0 e. The van der Waals surface area contributed by atoms with Crippen molar-refractivity contribution < 1.29 is 38.8 Å². The van der Waals surface area contributed by atoms with Crippen molar-refractivity contribution in [3.8, 4) is 6.57 Å². The zero-order valence-electron chi connectivity index (χ0n) is 1.88. The molecule has 0 aromatic carbocycles. The fourth-order valence-corrected chi connectivity index (χ4v) is 0. The Morgan fingerprint density at radius 1 is 1.20 bits per heavy atom. The second-order valence-corrected chi connectivity index (χ2v) is 0. The molecule has 0 N–H and O–H groups in total. The normalized spacial score (nSPS) is 0.400. The van der Waals surface area contributed by atoms with Crippen LogP contribution in [-0.4, -0.2) is 51.4 Å². The molecule has 24 valence electrons. The zero-order chi connectivity index (χ0) is 2.00. The summed E-state index contributed by atoms with van der Waals surface area (Å²) < 4.78 is 0. The Morgan fingerprint density at radius 3 is 1.20 bits per heavy atom. The van der Waals surface area contributed by atoms with Gasteiger partial charge in [0.05, 0.1) is 0 Å². The van der Waals surface area contributed by atoms with E-state index < -0.39 is 0 Å². The van der Waals surface area contributed by atoms with Crippen LogP contribution >= 0.6 is 0 Å². The molecule has 0 aromatic rings. The monoisotopic (exact) mass is 171 g/mol. The molecule has 0 heterocycles. The molecule has 5 heavy (non-hydrogen) atoms. The van der Waals surface area contributed by atoms with E-state index in [0.29, 0.717) is 0 Å². The summed E-state index contributed by atoms with van der Waals surface area (Å²) in [5.74, 6) is 0. The van der Waals surface area contributed by atoms with Gasteiger partial charge in [-0.25, -0.2) is 5.26 Å². The smallest absolute Gasteiger partial charge is 0 e. The number of hydrogen-bond acceptors (Lipinski definition) is 1. The summed E-state index contributed by atoms with van der Waals surface area (Å²) in [7, 11) is 0. The third-order valence-electron chi connectivity index (χ3n) is 0. The maximum atomic E-state index is 6.50. The number of hydrogen-bond donors (Lipinski definition) is 0. The average Bonchev–Trinajstić information content (AvgIpc) is 1.00. The summed E-state index contributed by atoms with van der Waals surface area (Å²) in [4.78, 5) is 0. The second-order valence-electron chi connectivity index (χ2n) is 0. The van der Waals surface area contributed by atoms with Gasteiger partial charge in [0.2, 0.25) is 0 Å². The van der Waals surface area contributed by atoms with Crippen LogP contribution in [0.2, 0.25) is 0 Å². The molecular weight excluding hydrogens is 169 g/mol. The van der Waals surface area contributed by atoms with Crippen LogP contribution < -0.4 is 0 Å². The van der Waals surface area contributed by atoms with Crippen LogP contribution in [0.4, 0.5) is 0 Å². The van der Waals surface area contributed by atoms with E-state index >= 15 is 0 Å². The molecule has 0 atom stereocenters. The Morgan fingerprint density at radius 2 is 1.20 bits per heavy atom.